The van der Waals surface area contributed by atoms with Crippen molar-refractivity contribution in [1.29, 1.82) is 0 Å². The molecule has 0 fully saturated rings. The first-order valence-corrected chi connectivity index (χ1v) is 6.05. The third-order valence-electron chi connectivity index (χ3n) is 2.48. The summed E-state index contributed by atoms with van der Waals surface area (Å²) in [7, 11) is 1.58. The van der Waals surface area contributed by atoms with Crippen LogP contribution in [-0.4, -0.2) is 31.1 Å². The summed E-state index contributed by atoms with van der Waals surface area (Å²) in [5, 5.41) is 13.2. The number of nitrogens with one attached hydrogen (secondary N) is 1. The molecule has 1 rings (SSSR count). The highest BCUT2D eigenvalue weighted by atomic mass is 35.5. The zero-order valence-corrected chi connectivity index (χ0v) is 11.4. The Bertz CT molecular complexity index is 479. The van der Waals surface area contributed by atoms with Crippen LogP contribution in [0.2, 0.25) is 5.02 Å². The van der Waals surface area contributed by atoms with E-state index in [2.05, 4.69) is 5.32 Å². The standard InChI is InChI=1S/C12H15ClN2O4/c1-8(7-19-2)6-14-12(16)9-4-3-5-10(11(9)13)15(17)18/h3-5,8H,6-7H2,1-2H3,(H,14,16). The third kappa shape index (κ3) is 4.18. The van der Waals surface area contributed by atoms with Gasteiger partial charge in [0.25, 0.3) is 11.6 Å². The lowest BCUT2D eigenvalue weighted by molar-refractivity contribution is -0.384. The molecule has 1 atom stereocenters. The second-order valence-corrected chi connectivity index (χ2v) is 4.54. The Morgan fingerprint density at radius 2 is 2.26 bits per heavy atom. The monoisotopic (exact) mass is 286 g/mol. The number of amides is 1. The van der Waals surface area contributed by atoms with E-state index in [0.717, 1.165) is 0 Å². The minimum Gasteiger partial charge on any atom is -0.384 e. The molecule has 1 unspecified atom stereocenters. The maximum atomic E-state index is 11.9. The van der Waals surface area contributed by atoms with Crippen LogP contribution in [-0.2, 0) is 4.74 Å². The molecule has 0 saturated heterocycles. The number of hydrogen-bond acceptors (Lipinski definition) is 4. The number of benzene rings is 1. The van der Waals surface area contributed by atoms with Gasteiger partial charge in [-0.15, -0.1) is 0 Å². The Balaban J connectivity index is 2.78. The van der Waals surface area contributed by atoms with Crippen LogP contribution in [0.3, 0.4) is 0 Å². The van der Waals surface area contributed by atoms with Crippen molar-refractivity contribution < 1.29 is 14.5 Å². The fourth-order valence-corrected chi connectivity index (χ4v) is 1.82. The molecule has 6 nitrogen and oxygen atoms in total. The lowest BCUT2D eigenvalue weighted by Crippen LogP contribution is -2.30. The van der Waals surface area contributed by atoms with Crippen molar-refractivity contribution in [3.05, 3.63) is 38.9 Å². The van der Waals surface area contributed by atoms with Gasteiger partial charge in [0, 0.05) is 19.7 Å². The molecule has 0 radical (unpaired) electrons. The second-order valence-electron chi connectivity index (χ2n) is 4.17. The van der Waals surface area contributed by atoms with Gasteiger partial charge in [0.1, 0.15) is 5.02 Å². The molecule has 0 aliphatic heterocycles. The number of nitro benzene ring substituents is 1. The molecule has 1 amide bonds. The maximum absolute atomic E-state index is 11.9. The molecular formula is C12H15ClN2O4. The number of carbonyl (C=O) groups excluding carboxylic acids is 1. The molecule has 0 aliphatic rings. The molecule has 1 N–H and O–H groups in total. The van der Waals surface area contributed by atoms with E-state index in [1.807, 2.05) is 6.92 Å². The Morgan fingerprint density at radius 3 is 2.84 bits per heavy atom. The van der Waals surface area contributed by atoms with Crippen LogP contribution in [0.5, 0.6) is 0 Å². The Hall–Kier alpha value is -1.66. The quantitative estimate of drug-likeness (QED) is 0.642. The zero-order chi connectivity index (χ0) is 14.4. The van der Waals surface area contributed by atoms with Crippen molar-refractivity contribution in [2.24, 2.45) is 5.92 Å². The lowest BCUT2D eigenvalue weighted by atomic mass is 10.1. The van der Waals surface area contributed by atoms with E-state index in [1.165, 1.54) is 18.2 Å². The number of carbonyl (C=O) groups is 1. The van der Waals surface area contributed by atoms with Gasteiger partial charge in [0.2, 0.25) is 0 Å². The van der Waals surface area contributed by atoms with Gasteiger partial charge in [-0.25, -0.2) is 0 Å². The number of nitrogens with zero attached hydrogens (tertiary/aromatic N) is 1. The van der Waals surface area contributed by atoms with Crippen LogP contribution in [0, 0.1) is 16.0 Å². The van der Waals surface area contributed by atoms with Crippen molar-refractivity contribution in [2.75, 3.05) is 20.3 Å². The summed E-state index contributed by atoms with van der Waals surface area (Å²) < 4.78 is 4.95. The molecule has 0 saturated carbocycles. The zero-order valence-electron chi connectivity index (χ0n) is 10.7. The summed E-state index contributed by atoms with van der Waals surface area (Å²) in [6.07, 6.45) is 0. The number of methoxy groups -OCH3 is 1. The van der Waals surface area contributed by atoms with Gasteiger partial charge in [-0.1, -0.05) is 24.6 Å². The van der Waals surface area contributed by atoms with Crippen molar-refractivity contribution in [3.8, 4) is 0 Å². The molecule has 0 aliphatic carbocycles. The van der Waals surface area contributed by atoms with Crippen LogP contribution < -0.4 is 5.32 Å². The highest BCUT2D eigenvalue weighted by Crippen LogP contribution is 2.27. The predicted molar refractivity (Wildman–Crippen MR) is 71.5 cm³/mol. The Kier molecular flexibility index (Phi) is 5.72. The molecule has 1 aromatic rings. The minimum atomic E-state index is -0.618. The van der Waals surface area contributed by atoms with Crippen molar-refractivity contribution in [3.63, 3.8) is 0 Å². The van der Waals surface area contributed by atoms with Crippen LogP contribution in [0.4, 0.5) is 5.69 Å². The molecule has 0 heterocycles. The first-order chi connectivity index (χ1) is 8.97. The second kappa shape index (κ2) is 7.06. The van der Waals surface area contributed by atoms with Gasteiger partial charge >= 0.3 is 0 Å². The topological polar surface area (TPSA) is 81.5 Å². The molecule has 0 spiro atoms. The highest BCUT2D eigenvalue weighted by Gasteiger charge is 2.19. The number of hydrogen-bond donors (Lipinski definition) is 1. The number of rotatable bonds is 6. The van der Waals surface area contributed by atoms with Crippen molar-refractivity contribution >= 4 is 23.2 Å². The van der Waals surface area contributed by atoms with Crippen LogP contribution in [0.25, 0.3) is 0 Å². The fourth-order valence-electron chi connectivity index (χ4n) is 1.54. The fraction of sp³-hybridized carbons (Fsp3) is 0.417. The summed E-state index contributed by atoms with van der Waals surface area (Å²) in [6.45, 7) is 2.84. The summed E-state index contributed by atoms with van der Waals surface area (Å²) in [4.78, 5) is 22.0. The van der Waals surface area contributed by atoms with Crippen LogP contribution >= 0.6 is 11.6 Å². The first-order valence-electron chi connectivity index (χ1n) is 5.67. The lowest BCUT2D eigenvalue weighted by Gasteiger charge is -2.12. The first kappa shape index (κ1) is 15.4. The van der Waals surface area contributed by atoms with E-state index in [0.29, 0.717) is 13.2 Å². The number of halogens is 1. The summed E-state index contributed by atoms with van der Waals surface area (Å²) in [5.41, 5.74) is -0.181. The van der Waals surface area contributed by atoms with Gasteiger partial charge in [0.15, 0.2) is 0 Å². The van der Waals surface area contributed by atoms with Gasteiger partial charge in [-0.05, 0) is 12.0 Å². The summed E-state index contributed by atoms with van der Waals surface area (Å²) >= 11 is 5.85. The molecule has 7 heteroatoms. The van der Waals surface area contributed by atoms with E-state index >= 15 is 0 Å². The largest absolute Gasteiger partial charge is 0.384 e. The van der Waals surface area contributed by atoms with Crippen LogP contribution in [0.15, 0.2) is 18.2 Å². The normalized spacial score (nSPS) is 11.9. The smallest absolute Gasteiger partial charge is 0.288 e. The van der Waals surface area contributed by atoms with E-state index in [-0.39, 0.29) is 22.2 Å². The molecular weight excluding hydrogens is 272 g/mol. The third-order valence-corrected chi connectivity index (χ3v) is 2.88. The van der Waals surface area contributed by atoms with Gasteiger partial charge in [0.05, 0.1) is 17.1 Å². The van der Waals surface area contributed by atoms with Crippen molar-refractivity contribution in [2.45, 2.75) is 6.92 Å². The van der Waals surface area contributed by atoms with Crippen molar-refractivity contribution in [1.82, 2.24) is 5.32 Å². The molecule has 1 aromatic carbocycles. The summed E-state index contributed by atoms with van der Waals surface area (Å²) in [5.74, 6) is -0.289. The van der Waals surface area contributed by atoms with Gasteiger partial charge < -0.3 is 10.1 Å². The van der Waals surface area contributed by atoms with E-state index in [4.69, 9.17) is 16.3 Å². The minimum absolute atomic E-state index is 0.0977. The van der Waals surface area contributed by atoms with Gasteiger partial charge in [-0.2, -0.15) is 0 Å². The molecule has 104 valence electrons. The van der Waals surface area contributed by atoms with Crippen LogP contribution in [0.1, 0.15) is 17.3 Å². The number of ether oxygens (including phenoxy) is 1. The Morgan fingerprint density at radius 1 is 1.58 bits per heavy atom. The summed E-state index contributed by atoms with van der Waals surface area (Å²) in [6, 6.07) is 4.13. The molecule has 0 aromatic heterocycles. The molecule has 0 bridgehead atoms. The predicted octanol–water partition coefficient (Wildman–Crippen LogP) is 2.26. The Labute approximate surface area is 115 Å². The number of nitro groups is 1. The van der Waals surface area contributed by atoms with E-state index in [9.17, 15) is 14.9 Å². The van der Waals surface area contributed by atoms with E-state index in [1.54, 1.807) is 7.11 Å². The average Bonchev–Trinajstić information content (AvgIpc) is 2.36. The SMILES string of the molecule is COCC(C)CNC(=O)c1cccc([N+](=O)[O-])c1Cl. The highest BCUT2D eigenvalue weighted by molar-refractivity contribution is 6.35. The van der Waals surface area contributed by atoms with Gasteiger partial charge in [-0.3, -0.25) is 14.9 Å². The van der Waals surface area contributed by atoms with E-state index < -0.39 is 10.8 Å². The maximum Gasteiger partial charge on any atom is 0.288 e. The molecule has 19 heavy (non-hydrogen) atoms. The average molecular weight is 287 g/mol.